The summed E-state index contributed by atoms with van der Waals surface area (Å²) in [5.74, 6) is -2.62. The zero-order valence-corrected chi connectivity index (χ0v) is 7.08. The summed E-state index contributed by atoms with van der Waals surface area (Å²) in [4.78, 5) is 18.9. The van der Waals surface area contributed by atoms with Gasteiger partial charge in [-0.2, -0.15) is 0 Å². The van der Waals surface area contributed by atoms with Crippen LogP contribution in [0.1, 0.15) is 6.42 Å². The van der Waals surface area contributed by atoms with Crippen molar-refractivity contribution in [3.63, 3.8) is 0 Å². The van der Waals surface area contributed by atoms with Gasteiger partial charge in [-0.15, -0.1) is 0 Å². The minimum absolute atomic E-state index is 0. The van der Waals surface area contributed by atoms with Crippen LogP contribution in [0.25, 0.3) is 0 Å². The quantitative estimate of drug-likeness (QED) is 0.509. The summed E-state index contributed by atoms with van der Waals surface area (Å²) in [6.45, 7) is 0. The van der Waals surface area contributed by atoms with Crippen molar-refractivity contribution in [3.05, 3.63) is 0 Å². The van der Waals surface area contributed by atoms with E-state index in [1.165, 1.54) is 0 Å². The first-order chi connectivity index (χ1) is 4.13. The molecular formula is C3H8NO5Pt. The summed E-state index contributed by atoms with van der Waals surface area (Å²) >= 11 is 1.64. The van der Waals surface area contributed by atoms with E-state index in [2.05, 4.69) is 4.29 Å². The molecule has 0 spiro atoms. The molecule has 0 rings (SSSR count). The van der Waals surface area contributed by atoms with Gasteiger partial charge in [-0.3, -0.25) is 9.59 Å². The van der Waals surface area contributed by atoms with Crippen molar-refractivity contribution >= 4 is 11.9 Å². The number of aliphatic carboxylic acids is 2. The van der Waals surface area contributed by atoms with Gasteiger partial charge in [0.2, 0.25) is 0 Å². The van der Waals surface area contributed by atoms with Crippen molar-refractivity contribution in [3.8, 4) is 0 Å². The first-order valence-electron chi connectivity index (χ1n) is 1.75. The molecule has 0 aromatic heterocycles. The number of carboxylic acid groups (broad SMARTS) is 2. The molecule has 0 aliphatic heterocycles. The Morgan fingerprint density at radius 1 is 1.20 bits per heavy atom. The fourth-order valence-corrected chi connectivity index (χ4v) is 0.129. The van der Waals surface area contributed by atoms with Crippen molar-refractivity contribution < 1.29 is 45.3 Å². The Morgan fingerprint density at radius 3 is 1.40 bits per heavy atom. The molecule has 0 aromatic carbocycles. The monoisotopic (exact) mass is 333 g/mol. The van der Waals surface area contributed by atoms with E-state index in [1.807, 2.05) is 0 Å². The van der Waals surface area contributed by atoms with Gasteiger partial charge < -0.3 is 15.7 Å². The third-order valence-electron chi connectivity index (χ3n) is 0.302. The Hall–Kier alpha value is -0.452. The Morgan fingerprint density at radius 2 is 1.40 bits per heavy atom. The average Bonchev–Trinajstić information content (AvgIpc) is 1.68. The van der Waals surface area contributed by atoms with Gasteiger partial charge in [0, 0.05) is 0 Å². The molecule has 0 atom stereocenters. The molecule has 0 unspecified atom stereocenters. The minimum atomic E-state index is -1.31. The fraction of sp³-hybridized carbons (Fsp3) is 0.333. The van der Waals surface area contributed by atoms with Gasteiger partial charge in [0.05, 0.1) is 0 Å². The second-order valence-corrected chi connectivity index (χ2v) is 0.964. The van der Waals surface area contributed by atoms with Crippen LogP contribution in [0.3, 0.4) is 0 Å². The van der Waals surface area contributed by atoms with Crippen LogP contribution in [0.2, 0.25) is 0 Å². The van der Waals surface area contributed by atoms with Gasteiger partial charge in [0.25, 0.3) is 0 Å². The third kappa shape index (κ3) is 25.7. The number of carbonyl (C=O) groups is 2. The Kier molecular flexibility index (Phi) is 18.5. The molecule has 0 saturated carbocycles. The van der Waals surface area contributed by atoms with Crippen molar-refractivity contribution in [2.75, 3.05) is 0 Å². The normalized spacial score (nSPS) is 6.30. The van der Waals surface area contributed by atoms with E-state index in [9.17, 15) is 9.59 Å². The summed E-state index contributed by atoms with van der Waals surface area (Å²) in [5.41, 5.74) is 0. The molecule has 7 heteroatoms. The summed E-state index contributed by atoms with van der Waals surface area (Å²) in [7, 11) is 0. The molecule has 6 N–H and O–H groups in total. The average molecular weight is 333 g/mol. The van der Waals surface area contributed by atoms with Crippen molar-refractivity contribution in [1.82, 2.24) is 0 Å². The molecule has 0 aromatic rings. The SMILES string of the molecule is O.O=C(O)CC(=O)O.[NH2][Pt]. The number of nitrogens with two attached hydrogens (primary N) is 1. The van der Waals surface area contributed by atoms with Crippen LogP contribution in [-0.2, 0) is 29.7 Å². The van der Waals surface area contributed by atoms with E-state index in [0.29, 0.717) is 0 Å². The maximum atomic E-state index is 9.43. The second kappa shape index (κ2) is 11.4. The first kappa shape index (κ1) is 16.3. The van der Waals surface area contributed by atoms with E-state index >= 15 is 0 Å². The van der Waals surface area contributed by atoms with Crippen LogP contribution in [-0.4, -0.2) is 27.6 Å². The van der Waals surface area contributed by atoms with Crippen LogP contribution >= 0.6 is 0 Å². The van der Waals surface area contributed by atoms with Crippen molar-refractivity contribution in [1.29, 1.82) is 0 Å². The molecule has 0 aliphatic rings. The van der Waals surface area contributed by atoms with Crippen LogP contribution in [0, 0.1) is 0 Å². The van der Waals surface area contributed by atoms with Crippen LogP contribution in [0.4, 0.5) is 0 Å². The van der Waals surface area contributed by atoms with Gasteiger partial charge in [0.15, 0.2) is 0 Å². The molecule has 0 heterocycles. The fourth-order valence-electron chi connectivity index (χ4n) is 0.129. The summed E-state index contributed by atoms with van der Waals surface area (Å²) in [5, 5.41) is 15.4. The summed E-state index contributed by atoms with van der Waals surface area (Å²) < 4.78 is 4.47. The van der Waals surface area contributed by atoms with E-state index in [-0.39, 0.29) is 5.48 Å². The van der Waals surface area contributed by atoms with Gasteiger partial charge in [0.1, 0.15) is 6.42 Å². The topological polar surface area (TPSA) is 132 Å². The Bertz CT molecular complexity index is 93.1. The number of hydrogen-bond donors (Lipinski definition) is 3. The van der Waals surface area contributed by atoms with Crippen molar-refractivity contribution in [2.45, 2.75) is 6.42 Å². The summed E-state index contributed by atoms with van der Waals surface area (Å²) in [6.07, 6.45) is -0.806. The number of rotatable bonds is 2. The predicted molar refractivity (Wildman–Crippen MR) is 27.7 cm³/mol. The van der Waals surface area contributed by atoms with E-state index < -0.39 is 18.4 Å². The molecule has 0 amide bonds. The van der Waals surface area contributed by atoms with E-state index in [0.717, 1.165) is 0 Å². The standard InChI is InChI=1S/C3H4O4.H2N.H2O.Pt/c4-2(5)1-3(6)7;;;/h1H2,(H,4,5)(H,6,7);2*1H2;/q;-1;;+1. The Labute approximate surface area is 68.5 Å². The second-order valence-electron chi connectivity index (χ2n) is 0.964. The zero-order valence-electron chi connectivity index (χ0n) is 4.81. The molecule has 0 radical (unpaired) electrons. The number of carboxylic acids is 2. The summed E-state index contributed by atoms with van der Waals surface area (Å²) in [6, 6.07) is 0. The maximum absolute atomic E-state index is 9.43. The van der Waals surface area contributed by atoms with Gasteiger partial charge in [-0.25, -0.2) is 0 Å². The molecule has 0 saturated heterocycles. The number of hydrogen-bond acceptors (Lipinski definition) is 3. The predicted octanol–water partition coefficient (Wildman–Crippen LogP) is -1.87. The first-order valence-corrected chi connectivity index (χ1v) is 3.06. The van der Waals surface area contributed by atoms with E-state index in [4.69, 9.17) is 10.2 Å². The van der Waals surface area contributed by atoms with Crippen molar-refractivity contribution in [2.24, 2.45) is 4.29 Å². The van der Waals surface area contributed by atoms with Crippen LogP contribution in [0.15, 0.2) is 0 Å². The molecule has 65 valence electrons. The molecular weight excluding hydrogens is 325 g/mol. The van der Waals surface area contributed by atoms with E-state index in [1.54, 1.807) is 20.1 Å². The molecule has 0 fully saturated rings. The van der Waals surface area contributed by atoms with Crippen LogP contribution in [0.5, 0.6) is 0 Å². The Balaban J connectivity index is -0.000000149. The van der Waals surface area contributed by atoms with Crippen LogP contribution < -0.4 is 4.29 Å². The molecule has 6 nitrogen and oxygen atoms in total. The molecule has 0 bridgehead atoms. The van der Waals surface area contributed by atoms with Gasteiger partial charge in [-0.1, -0.05) is 0 Å². The molecule has 0 aliphatic carbocycles. The third-order valence-corrected chi connectivity index (χ3v) is 0.302. The van der Waals surface area contributed by atoms with Gasteiger partial charge >= 0.3 is 36.3 Å². The zero-order chi connectivity index (χ0) is 7.86. The van der Waals surface area contributed by atoms with Gasteiger partial charge in [-0.05, 0) is 0 Å². The molecule has 10 heavy (non-hydrogen) atoms.